The molecular weight excluding hydrogens is 196 g/mol. The van der Waals surface area contributed by atoms with Crippen molar-refractivity contribution in [3.63, 3.8) is 0 Å². The lowest BCUT2D eigenvalue weighted by atomic mass is 10.2. The second-order valence-electron chi connectivity index (χ2n) is 3.13. The molecule has 0 saturated carbocycles. The molecule has 2 atom stereocenters. The van der Waals surface area contributed by atoms with Gasteiger partial charge in [0, 0.05) is 18.0 Å². The fourth-order valence-corrected chi connectivity index (χ4v) is 2.20. The molecule has 0 amide bonds. The average Bonchev–Trinajstić information content (AvgIpc) is 2.19. The summed E-state index contributed by atoms with van der Waals surface area (Å²) in [7, 11) is 0. The Morgan fingerprint density at radius 2 is 2.36 bits per heavy atom. The van der Waals surface area contributed by atoms with Gasteiger partial charge < -0.3 is 10.8 Å². The number of nitrogens with zero attached hydrogens (tertiary/aromatic N) is 1. The molecule has 2 unspecified atom stereocenters. The molecule has 1 heterocycles. The van der Waals surface area contributed by atoms with Gasteiger partial charge in [-0.3, -0.25) is 4.98 Å². The summed E-state index contributed by atoms with van der Waals surface area (Å²) in [6, 6.07) is 5.86. The highest BCUT2D eigenvalue weighted by atomic mass is 32.2. The van der Waals surface area contributed by atoms with Gasteiger partial charge in [0.25, 0.3) is 0 Å². The first-order chi connectivity index (χ1) is 6.75. The van der Waals surface area contributed by atoms with Crippen molar-refractivity contribution >= 4 is 11.8 Å². The molecule has 1 rings (SSSR count). The molecule has 1 aromatic rings. The lowest BCUT2D eigenvalue weighted by Gasteiger charge is -2.19. The van der Waals surface area contributed by atoms with Crippen molar-refractivity contribution in [3.05, 3.63) is 30.1 Å². The summed E-state index contributed by atoms with van der Waals surface area (Å²) in [5.74, 6) is 0.697. The molecule has 0 saturated heterocycles. The van der Waals surface area contributed by atoms with E-state index in [0.717, 1.165) is 5.69 Å². The van der Waals surface area contributed by atoms with Gasteiger partial charge in [-0.05, 0) is 19.1 Å². The second kappa shape index (κ2) is 6.01. The van der Waals surface area contributed by atoms with Crippen LogP contribution in [0, 0.1) is 0 Å². The van der Waals surface area contributed by atoms with E-state index in [1.807, 2.05) is 25.1 Å². The molecule has 14 heavy (non-hydrogen) atoms. The molecule has 3 N–H and O–H groups in total. The zero-order valence-electron chi connectivity index (χ0n) is 8.26. The highest BCUT2D eigenvalue weighted by Gasteiger charge is 2.17. The molecule has 3 nitrogen and oxygen atoms in total. The van der Waals surface area contributed by atoms with Crippen molar-refractivity contribution in [2.24, 2.45) is 5.73 Å². The lowest BCUT2D eigenvalue weighted by molar-refractivity contribution is 0.322. The summed E-state index contributed by atoms with van der Waals surface area (Å²) in [6.07, 6.45) is 1.77. The fraction of sp³-hybridized carbons (Fsp3) is 0.500. The first-order valence-corrected chi connectivity index (χ1v) is 5.69. The summed E-state index contributed by atoms with van der Waals surface area (Å²) in [5.41, 5.74) is 6.85. The van der Waals surface area contributed by atoms with Gasteiger partial charge in [0.05, 0.1) is 17.6 Å². The van der Waals surface area contributed by atoms with Gasteiger partial charge in [0.1, 0.15) is 0 Å². The smallest absolute Gasteiger partial charge is 0.0619 e. The Hall–Kier alpha value is -0.580. The maximum Gasteiger partial charge on any atom is 0.0619 e. The van der Waals surface area contributed by atoms with Crippen LogP contribution in [0.3, 0.4) is 0 Å². The Kier molecular flexibility index (Phi) is 4.93. The molecule has 78 valence electrons. The highest BCUT2D eigenvalue weighted by molar-refractivity contribution is 7.99. The Bertz CT molecular complexity index is 254. The molecule has 0 fully saturated rings. The molecule has 0 aliphatic rings. The van der Waals surface area contributed by atoms with Crippen molar-refractivity contribution in [2.75, 3.05) is 12.4 Å². The van der Waals surface area contributed by atoms with Gasteiger partial charge >= 0.3 is 0 Å². The summed E-state index contributed by atoms with van der Waals surface area (Å²) < 4.78 is 0. The molecule has 0 aliphatic carbocycles. The minimum absolute atomic E-state index is 0.0430. The van der Waals surface area contributed by atoms with Crippen LogP contribution in [-0.4, -0.2) is 28.5 Å². The molecule has 0 aromatic carbocycles. The monoisotopic (exact) mass is 212 g/mol. The highest BCUT2D eigenvalue weighted by Crippen LogP contribution is 2.29. The van der Waals surface area contributed by atoms with Crippen LogP contribution in [0.2, 0.25) is 0 Å². The standard InChI is InChI=1S/C10H16N2OS/c1-8(11)10(14-7-6-13)9-4-2-3-5-12-9/h2-5,8,10,13H,6-7,11H2,1H3. The van der Waals surface area contributed by atoms with Gasteiger partial charge in [-0.25, -0.2) is 0 Å². The minimum atomic E-state index is 0.0430. The van der Waals surface area contributed by atoms with E-state index in [0.29, 0.717) is 5.75 Å². The van der Waals surface area contributed by atoms with E-state index in [1.165, 1.54) is 0 Å². The van der Waals surface area contributed by atoms with Gasteiger partial charge in [0.15, 0.2) is 0 Å². The number of nitrogens with two attached hydrogens (primary N) is 1. The van der Waals surface area contributed by atoms with Gasteiger partial charge in [-0.1, -0.05) is 6.07 Å². The minimum Gasteiger partial charge on any atom is -0.396 e. The first-order valence-electron chi connectivity index (χ1n) is 4.64. The number of thioether (sulfide) groups is 1. The topological polar surface area (TPSA) is 59.1 Å². The largest absolute Gasteiger partial charge is 0.396 e. The van der Waals surface area contributed by atoms with Crippen LogP contribution in [0.15, 0.2) is 24.4 Å². The number of aliphatic hydroxyl groups is 1. The van der Waals surface area contributed by atoms with E-state index in [9.17, 15) is 0 Å². The maximum absolute atomic E-state index is 8.76. The van der Waals surface area contributed by atoms with Crippen molar-refractivity contribution in [1.29, 1.82) is 0 Å². The number of aliphatic hydroxyl groups excluding tert-OH is 1. The third kappa shape index (κ3) is 3.29. The third-order valence-electron chi connectivity index (χ3n) is 1.85. The summed E-state index contributed by atoms with van der Waals surface area (Å²) in [4.78, 5) is 4.27. The maximum atomic E-state index is 8.76. The first kappa shape index (κ1) is 11.5. The molecule has 1 aromatic heterocycles. The lowest BCUT2D eigenvalue weighted by Crippen LogP contribution is -2.23. The molecular formula is C10H16N2OS. The summed E-state index contributed by atoms with van der Waals surface area (Å²) >= 11 is 1.65. The SMILES string of the molecule is CC(N)C(SCCO)c1ccccn1. The van der Waals surface area contributed by atoms with E-state index in [4.69, 9.17) is 10.8 Å². The number of hydrogen-bond donors (Lipinski definition) is 2. The molecule has 0 aliphatic heterocycles. The van der Waals surface area contributed by atoms with E-state index < -0.39 is 0 Å². The van der Waals surface area contributed by atoms with Crippen LogP contribution in [0.4, 0.5) is 0 Å². The van der Waals surface area contributed by atoms with Crippen molar-refractivity contribution in [3.8, 4) is 0 Å². The van der Waals surface area contributed by atoms with Crippen molar-refractivity contribution < 1.29 is 5.11 Å². The van der Waals surface area contributed by atoms with Crippen molar-refractivity contribution in [1.82, 2.24) is 4.98 Å². The summed E-state index contributed by atoms with van der Waals surface area (Å²) in [6.45, 7) is 2.14. The molecule has 0 spiro atoms. The number of hydrogen-bond acceptors (Lipinski definition) is 4. The Morgan fingerprint density at radius 3 is 2.86 bits per heavy atom. The average molecular weight is 212 g/mol. The Labute approximate surface area is 88.7 Å². The predicted molar refractivity (Wildman–Crippen MR) is 60.2 cm³/mol. The zero-order valence-corrected chi connectivity index (χ0v) is 9.07. The number of pyridine rings is 1. The van der Waals surface area contributed by atoms with Crippen LogP contribution >= 0.6 is 11.8 Å². The zero-order chi connectivity index (χ0) is 10.4. The number of rotatable bonds is 5. The normalized spacial score (nSPS) is 15.1. The van der Waals surface area contributed by atoms with Crippen LogP contribution in [0.25, 0.3) is 0 Å². The van der Waals surface area contributed by atoms with E-state index >= 15 is 0 Å². The van der Waals surface area contributed by atoms with Gasteiger partial charge in [-0.15, -0.1) is 11.8 Å². The van der Waals surface area contributed by atoms with E-state index in [1.54, 1.807) is 18.0 Å². The van der Waals surface area contributed by atoms with Gasteiger partial charge in [0.2, 0.25) is 0 Å². The van der Waals surface area contributed by atoms with E-state index in [2.05, 4.69) is 4.98 Å². The summed E-state index contributed by atoms with van der Waals surface area (Å²) in [5, 5.41) is 8.93. The molecule has 0 radical (unpaired) electrons. The third-order valence-corrected chi connectivity index (χ3v) is 3.29. The Morgan fingerprint density at radius 1 is 1.57 bits per heavy atom. The predicted octanol–water partition coefficient (Wildman–Crippen LogP) is 1.20. The molecule has 4 heteroatoms. The Balaban J connectivity index is 2.68. The van der Waals surface area contributed by atoms with E-state index in [-0.39, 0.29) is 17.9 Å². The fourth-order valence-electron chi connectivity index (χ4n) is 1.23. The second-order valence-corrected chi connectivity index (χ2v) is 4.38. The van der Waals surface area contributed by atoms with Crippen LogP contribution in [-0.2, 0) is 0 Å². The quantitative estimate of drug-likeness (QED) is 0.770. The van der Waals surface area contributed by atoms with Crippen molar-refractivity contribution in [2.45, 2.75) is 18.2 Å². The van der Waals surface area contributed by atoms with Gasteiger partial charge in [-0.2, -0.15) is 0 Å². The van der Waals surface area contributed by atoms with Crippen LogP contribution < -0.4 is 5.73 Å². The van der Waals surface area contributed by atoms with Crippen LogP contribution in [0.5, 0.6) is 0 Å². The molecule has 0 bridgehead atoms. The number of aromatic nitrogens is 1. The van der Waals surface area contributed by atoms with Crippen LogP contribution in [0.1, 0.15) is 17.9 Å².